The molecule has 0 radical (unpaired) electrons. The van der Waals surface area contributed by atoms with Crippen LogP contribution in [0.1, 0.15) is 17.3 Å². The average molecular weight is 473 g/mol. The van der Waals surface area contributed by atoms with Gasteiger partial charge in [0.25, 0.3) is 5.91 Å². The van der Waals surface area contributed by atoms with Crippen LogP contribution in [0, 0.1) is 0 Å². The van der Waals surface area contributed by atoms with Crippen molar-refractivity contribution in [3.63, 3.8) is 0 Å². The molecule has 0 bridgehead atoms. The van der Waals surface area contributed by atoms with Gasteiger partial charge in [-0.05, 0) is 36.4 Å². The molecule has 1 saturated heterocycles. The number of fused-ring (bicyclic) bond motifs is 1. The first-order valence-electron chi connectivity index (χ1n) is 9.77. The van der Waals surface area contributed by atoms with Gasteiger partial charge in [-0.1, -0.05) is 22.9 Å². The number of ether oxygens (including phenoxy) is 3. The molecule has 0 spiro atoms. The zero-order valence-corrected chi connectivity index (χ0v) is 18.2. The zero-order chi connectivity index (χ0) is 22.1. The van der Waals surface area contributed by atoms with E-state index in [-0.39, 0.29) is 31.1 Å². The lowest BCUT2D eigenvalue weighted by atomic mass is 10.1. The molecule has 2 amide bonds. The highest BCUT2D eigenvalue weighted by molar-refractivity contribution is 7.15. The van der Waals surface area contributed by atoms with E-state index in [9.17, 15) is 9.59 Å². The van der Waals surface area contributed by atoms with Crippen LogP contribution in [0.4, 0.5) is 10.8 Å². The monoisotopic (exact) mass is 472 g/mol. The van der Waals surface area contributed by atoms with E-state index in [1.165, 1.54) is 11.3 Å². The van der Waals surface area contributed by atoms with Gasteiger partial charge in [0.05, 0.1) is 0 Å². The largest absolute Gasteiger partial charge is 0.484 e. The van der Waals surface area contributed by atoms with Gasteiger partial charge in [-0.25, -0.2) is 0 Å². The van der Waals surface area contributed by atoms with Crippen molar-refractivity contribution in [2.24, 2.45) is 0 Å². The third-order valence-corrected chi connectivity index (χ3v) is 6.27. The molecular weight excluding hydrogens is 456 g/mol. The maximum absolute atomic E-state index is 12.5. The number of rotatable bonds is 6. The molecule has 164 valence electrons. The van der Waals surface area contributed by atoms with Gasteiger partial charge in [0.2, 0.25) is 17.8 Å². The summed E-state index contributed by atoms with van der Waals surface area (Å²) in [6.07, 6.45) is 0.332. The average Bonchev–Trinajstić information content (AvgIpc) is 3.52. The molecule has 9 nitrogen and oxygen atoms in total. The molecule has 1 fully saturated rings. The molecule has 1 unspecified atom stereocenters. The number of nitrogens with one attached hydrogen (secondary N) is 1. The molecule has 1 aromatic heterocycles. The van der Waals surface area contributed by atoms with E-state index in [0.717, 1.165) is 5.69 Å². The van der Waals surface area contributed by atoms with Crippen molar-refractivity contribution in [2.75, 3.05) is 30.2 Å². The Morgan fingerprint density at radius 1 is 1.19 bits per heavy atom. The molecule has 0 aliphatic carbocycles. The number of halogens is 1. The number of amides is 2. The Kier molecular flexibility index (Phi) is 5.54. The summed E-state index contributed by atoms with van der Waals surface area (Å²) < 4.78 is 16.0. The van der Waals surface area contributed by atoms with Gasteiger partial charge in [0, 0.05) is 35.7 Å². The number of aromatic nitrogens is 2. The lowest BCUT2D eigenvalue weighted by Gasteiger charge is -2.16. The van der Waals surface area contributed by atoms with Crippen LogP contribution in [0.3, 0.4) is 0 Å². The Labute approximate surface area is 191 Å². The second-order valence-corrected chi connectivity index (χ2v) is 8.62. The highest BCUT2D eigenvalue weighted by Crippen LogP contribution is 2.36. The molecule has 5 rings (SSSR count). The lowest BCUT2D eigenvalue weighted by molar-refractivity contribution is -0.118. The highest BCUT2D eigenvalue weighted by Gasteiger charge is 2.34. The maximum Gasteiger partial charge on any atom is 0.264 e. The molecule has 3 heterocycles. The fourth-order valence-corrected chi connectivity index (χ4v) is 4.44. The third-order valence-electron chi connectivity index (χ3n) is 5.01. The van der Waals surface area contributed by atoms with E-state index in [1.807, 2.05) is 12.1 Å². The van der Waals surface area contributed by atoms with Crippen molar-refractivity contribution in [1.82, 2.24) is 10.2 Å². The molecular formula is C21H17ClN4O5S. The number of benzene rings is 2. The normalized spacial score (nSPS) is 17.0. The summed E-state index contributed by atoms with van der Waals surface area (Å²) >= 11 is 7.18. The first-order valence-corrected chi connectivity index (χ1v) is 11.0. The van der Waals surface area contributed by atoms with E-state index in [4.69, 9.17) is 25.8 Å². The van der Waals surface area contributed by atoms with Crippen LogP contribution in [0.15, 0.2) is 42.5 Å². The summed E-state index contributed by atoms with van der Waals surface area (Å²) in [5.74, 6) is 1.27. The standard InChI is InChI=1S/C21H17ClN4O5S/c22-13-1-3-14(4-2-13)26-9-12(7-19(26)28)20-24-25-21(32-20)23-18(27)10-29-15-5-6-16-17(8-15)31-11-30-16/h1-6,8,12H,7,9-11H2,(H,23,25,27). The number of carbonyl (C=O) groups is 2. The van der Waals surface area contributed by atoms with E-state index in [0.29, 0.717) is 45.4 Å². The van der Waals surface area contributed by atoms with E-state index in [2.05, 4.69) is 15.5 Å². The fraction of sp³-hybridized carbons (Fsp3) is 0.238. The predicted octanol–water partition coefficient (Wildman–Crippen LogP) is 3.46. The summed E-state index contributed by atoms with van der Waals surface area (Å²) in [7, 11) is 0. The highest BCUT2D eigenvalue weighted by atomic mass is 35.5. The molecule has 2 aliphatic rings. The van der Waals surface area contributed by atoms with Crippen LogP contribution >= 0.6 is 22.9 Å². The minimum atomic E-state index is -0.365. The number of hydrogen-bond acceptors (Lipinski definition) is 8. The second kappa shape index (κ2) is 8.64. The van der Waals surface area contributed by atoms with Gasteiger partial charge >= 0.3 is 0 Å². The van der Waals surface area contributed by atoms with Crippen LogP contribution < -0.4 is 24.4 Å². The van der Waals surface area contributed by atoms with E-state index < -0.39 is 0 Å². The summed E-state index contributed by atoms with van der Waals surface area (Å²) in [5.41, 5.74) is 0.792. The SMILES string of the molecule is O=C(COc1ccc2c(c1)OCO2)Nc1nnc(C2CC(=O)N(c3ccc(Cl)cc3)C2)s1. The van der Waals surface area contributed by atoms with Crippen LogP contribution in [-0.2, 0) is 9.59 Å². The summed E-state index contributed by atoms with van der Waals surface area (Å²) in [4.78, 5) is 26.4. The van der Waals surface area contributed by atoms with Crippen molar-refractivity contribution in [2.45, 2.75) is 12.3 Å². The van der Waals surface area contributed by atoms with Gasteiger partial charge in [-0.2, -0.15) is 0 Å². The van der Waals surface area contributed by atoms with Crippen LogP contribution in [-0.4, -0.2) is 42.0 Å². The summed E-state index contributed by atoms with van der Waals surface area (Å²) in [6, 6.07) is 12.2. The van der Waals surface area contributed by atoms with Crippen molar-refractivity contribution < 1.29 is 23.8 Å². The van der Waals surface area contributed by atoms with Gasteiger partial charge in [0.1, 0.15) is 10.8 Å². The molecule has 0 saturated carbocycles. The van der Waals surface area contributed by atoms with Gasteiger partial charge < -0.3 is 19.1 Å². The Morgan fingerprint density at radius 2 is 2.00 bits per heavy atom. The second-order valence-electron chi connectivity index (χ2n) is 7.18. The number of anilines is 2. The van der Waals surface area contributed by atoms with E-state index >= 15 is 0 Å². The predicted molar refractivity (Wildman–Crippen MR) is 118 cm³/mol. The van der Waals surface area contributed by atoms with Crippen molar-refractivity contribution in [1.29, 1.82) is 0 Å². The third kappa shape index (κ3) is 4.32. The van der Waals surface area contributed by atoms with Crippen molar-refractivity contribution in [3.05, 3.63) is 52.5 Å². The Balaban J connectivity index is 1.16. The van der Waals surface area contributed by atoms with Gasteiger partial charge in [0.15, 0.2) is 18.1 Å². The molecule has 11 heteroatoms. The number of carbonyl (C=O) groups excluding carboxylic acids is 2. The molecule has 2 aromatic carbocycles. The smallest absolute Gasteiger partial charge is 0.264 e. The summed E-state index contributed by atoms with van der Waals surface area (Å²) in [6.45, 7) is 0.472. The first kappa shape index (κ1) is 20.5. The minimum absolute atomic E-state index is 0.00948. The molecule has 2 aliphatic heterocycles. The van der Waals surface area contributed by atoms with Crippen LogP contribution in [0.25, 0.3) is 0 Å². The lowest BCUT2D eigenvalue weighted by Crippen LogP contribution is -2.24. The van der Waals surface area contributed by atoms with Crippen LogP contribution in [0.5, 0.6) is 17.2 Å². The molecule has 32 heavy (non-hydrogen) atoms. The molecule has 3 aromatic rings. The van der Waals surface area contributed by atoms with Crippen molar-refractivity contribution >= 4 is 45.6 Å². The fourth-order valence-electron chi connectivity index (χ4n) is 3.46. The quantitative estimate of drug-likeness (QED) is 0.586. The molecule has 1 N–H and O–H groups in total. The van der Waals surface area contributed by atoms with E-state index in [1.54, 1.807) is 35.2 Å². The Hall–Kier alpha value is -3.37. The van der Waals surface area contributed by atoms with Crippen LogP contribution in [0.2, 0.25) is 5.02 Å². The minimum Gasteiger partial charge on any atom is -0.484 e. The topological polar surface area (TPSA) is 103 Å². The van der Waals surface area contributed by atoms with Crippen molar-refractivity contribution in [3.8, 4) is 17.2 Å². The molecule has 1 atom stereocenters. The summed E-state index contributed by atoms with van der Waals surface area (Å²) in [5, 5.41) is 12.6. The van der Waals surface area contributed by atoms with Gasteiger partial charge in [-0.15, -0.1) is 10.2 Å². The number of nitrogens with zero attached hydrogens (tertiary/aromatic N) is 3. The first-order chi connectivity index (χ1) is 15.5. The Bertz CT molecular complexity index is 1170. The Morgan fingerprint density at radius 3 is 2.84 bits per heavy atom. The zero-order valence-electron chi connectivity index (χ0n) is 16.6. The number of hydrogen-bond donors (Lipinski definition) is 1. The maximum atomic E-state index is 12.5. The van der Waals surface area contributed by atoms with Gasteiger partial charge in [-0.3, -0.25) is 14.9 Å².